The standard InChI is InChI=1S/C19H29ClN3O3S2/c1-3-23(4-2)14-27-13-19(23,24)15-10-11-17(20)18(12-15)28(25,26)22-21-16-8-6-5-7-9-16/h10-12,16,24H,3-9,13-14H2,1-2H3/q+1. The van der Waals surface area contributed by atoms with Crippen molar-refractivity contribution in [3.63, 3.8) is 0 Å². The van der Waals surface area contributed by atoms with Crippen LogP contribution in [0.4, 0.5) is 0 Å². The van der Waals surface area contributed by atoms with Crippen LogP contribution in [0.2, 0.25) is 5.02 Å². The highest BCUT2D eigenvalue weighted by molar-refractivity contribution is 7.99. The maximum absolute atomic E-state index is 12.8. The predicted molar refractivity (Wildman–Crippen MR) is 113 cm³/mol. The van der Waals surface area contributed by atoms with Crippen LogP contribution in [0.15, 0.2) is 32.7 Å². The SMILES string of the molecule is CC[N+]1(CC)CSCC1(O)c1ccc(Cl)c(S(=O)(=O)N=NC2CCCCC2)c1. The smallest absolute Gasteiger partial charge is 0.300 e. The quantitative estimate of drug-likeness (QED) is 0.514. The molecule has 1 aromatic carbocycles. The molecule has 2 fully saturated rings. The molecule has 1 atom stereocenters. The summed E-state index contributed by atoms with van der Waals surface area (Å²) in [7, 11) is -4.02. The largest absolute Gasteiger partial charge is 0.338 e. The van der Waals surface area contributed by atoms with E-state index in [4.69, 9.17) is 11.6 Å². The molecule has 1 saturated carbocycles. The van der Waals surface area contributed by atoms with E-state index in [0.29, 0.717) is 15.8 Å². The van der Waals surface area contributed by atoms with Crippen molar-refractivity contribution in [1.82, 2.24) is 0 Å². The molecule has 6 nitrogen and oxygen atoms in total. The van der Waals surface area contributed by atoms with Crippen LogP contribution in [0.25, 0.3) is 0 Å². The molecule has 0 spiro atoms. The maximum Gasteiger partial charge on any atom is 0.300 e. The molecule has 1 aromatic rings. The molecule has 1 aliphatic heterocycles. The van der Waals surface area contributed by atoms with Gasteiger partial charge in [0.2, 0.25) is 5.72 Å². The second kappa shape index (κ2) is 8.60. The van der Waals surface area contributed by atoms with Gasteiger partial charge in [-0.25, -0.2) is 0 Å². The van der Waals surface area contributed by atoms with Gasteiger partial charge in [-0.2, -0.15) is 13.5 Å². The van der Waals surface area contributed by atoms with Gasteiger partial charge in [-0.1, -0.05) is 47.1 Å². The highest BCUT2D eigenvalue weighted by atomic mass is 35.5. The van der Waals surface area contributed by atoms with Crippen molar-refractivity contribution >= 4 is 33.4 Å². The summed E-state index contributed by atoms with van der Waals surface area (Å²) in [5.74, 6) is 1.30. The molecule has 0 bridgehead atoms. The average Bonchev–Trinajstić information content (AvgIpc) is 3.05. The molecule has 1 saturated heterocycles. The Hall–Kier alpha value is -0.670. The molecule has 1 aliphatic carbocycles. The summed E-state index contributed by atoms with van der Waals surface area (Å²) in [5.41, 5.74) is -0.583. The van der Waals surface area contributed by atoms with Gasteiger partial charge >= 0.3 is 10.0 Å². The van der Waals surface area contributed by atoms with Crippen molar-refractivity contribution in [1.29, 1.82) is 0 Å². The van der Waals surface area contributed by atoms with Gasteiger partial charge in [-0.15, -0.1) is 0 Å². The lowest BCUT2D eigenvalue weighted by molar-refractivity contribution is -0.987. The molecular weight excluding hydrogens is 418 g/mol. The zero-order valence-corrected chi connectivity index (χ0v) is 18.9. The average molecular weight is 447 g/mol. The Morgan fingerprint density at radius 2 is 1.93 bits per heavy atom. The first-order valence-corrected chi connectivity index (χ1v) is 12.9. The number of benzene rings is 1. The predicted octanol–water partition coefficient (Wildman–Crippen LogP) is 4.52. The van der Waals surface area contributed by atoms with Crippen LogP contribution in [0.1, 0.15) is 51.5 Å². The third-order valence-corrected chi connectivity index (χ3v) is 9.13. The van der Waals surface area contributed by atoms with Gasteiger partial charge in [0.1, 0.15) is 10.8 Å². The number of nitrogens with zero attached hydrogens (tertiary/aromatic N) is 3. The van der Waals surface area contributed by atoms with Gasteiger partial charge in [0.05, 0.1) is 29.9 Å². The van der Waals surface area contributed by atoms with Gasteiger partial charge in [-0.3, -0.25) is 4.48 Å². The molecule has 0 radical (unpaired) electrons. The zero-order valence-electron chi connectivity index (χ0n) is 16.5. The van der Waals surface area contributed by atoms with Crippen molar-refractivity contribution in [2.45, 2.75) is 62.6 Å². The molecule has 3 rings (SSSR count). The number of aliphatic hydroxyl groups is 1. The summed E-state index contributed by atoms with van der Waals surface area (Å²) in [5, 5.41) is 15.7. The highest BCUT2D eigenvalue weighted by Crippen LogP contribution is 2.44. The lowest BCUT2D eigenvalue weighted by Crippen LogP contribution is -2.59. The molecule has 2 aliphatic rings. The van der Waals surface area contributed by atoms with Crippen LogP contribution in [0.5, 0.6) is 0 Å². The number of thioether (sulfide) groups is 1. The Labute approximate surface area is 177 Å². The number of rotatable bonds is 6. The Bertz CT molecular complexity index is 837. The lowest BCUT2D eigenvalue weighted by Gasteiger charge is -2.43. The van der Waals surface area contributed by atoms with E-state index in [1.807, 2.05) is 13.8 Å². The molecule has 0 amide bonds. The third-order valence-electron chi connectivity index (χ3n) is 6.20. The van der Waals surface area contributed by atoms with Gasteiger partial charge in [0.15, 0.2) is 0 Å². The topological polar surface area (TPSA) is 79.1 Å². The van der Waals surface area contributed by atoms with E-state index in [0.717, 1.165) is 51.1 Å². The first kappa shape index (κ1) is 22.0. The molecule has 9 heteroatoms. The van der Waals surface area contributed by atoms with Crippen molar-refractivity contribution in [3.05, 3.63) is 28.8 Å². The summed E-state index contributed by atoms with van der Waals surface area (Å²) in [6.07, 6.45) is 5.02. The molecule has 28 heavy (non-hydrogen) atoms. The highest BCUT2D eigenvalue weighted by Gasteiger charge is 2.54. The Morgan fingerprint density at radius 3 is 2.57 bits per heavy atom. The Balaban J connectivity index is 1.96. The molecule has 1 heterocycles. The number of hydrogen-bond donors (Lipinski definition) is 1. The number of halogens is 1. The monoisotopic (exact) mass is 446 g/mol. The second-order valence-electron chi connectivity index (χ2n) is 7.68. The van der Waals surface area contributed by atoms with E-state index in [-0.39, 0.29) is 16.0 Å². The van der Waals surface area contributed by atoms with E-state index in [2.05, 4.69) is 9.63 Å². The first-order chi connectivity index (χ1) is 13.3. The van der Waals surface area contributed by atoms with Gasteiger partial charge in [-0.05, 0) is 44.9 Å². The molecule has 1 N–H and O–H groups in total. The van der Waals surface area contributed by atoms with Crippen LogP contribution >= 0.6 is 23.4 Å². The number of hydrogen-bond acceptors (Lipinski definition) is 5. The van der Waals surface area contributed by atoms with Crippen LogP contribution in [-0.2, 0) is 15.7 Å². The van der Waals surface area contributed by atoms with Crippen LogP contribution < -0.4 is 0 Å². The van der Waals surface area contributed by atoms with Crippen molar-refractivity contribution < 1.29 is 18.0 Å². The summed E-state index contributed by atoms with van der Waals surface area (Å²) < 4.78 is 29.8. The molecule has 156 valence electrons. The van der Waals surface area contributed by atoms with E-state index >= 15 is 0 Å². The minimum absolute atomic E-state index is 0.0367. The minimum atomic E-state index is -4.02. The minimum Gasteiger partial charge on any atom is -0.338 e. The summed E-state index contributed by atoms with van der Waals surface area (Å²) in [6.45, 7) is 5.61. The van der Waals surface area contributed by atoms with E-state index in [1.54, 1.807) is 23.9 Å². The lowest BCUT2D eigenvalue weighted by atomic mass is 9.96. The van der Waals surface area contributed by atoms with Crippen LogP contribution in [-0.4, -0.2) is 48.8 Å². The van der Waals surface area contributed by atoms with Gasteiger partial charge in [0.25, 0.3) is 0 Å². The second-order valence-corrected chi connectivity index (χ2v) is 10.6. The third kappa shape index (κ3) is 3.99. The van der Waals surface area contributed by atoms with E-state index in [1.165, 1.54) is 6.07 Å². The summed E-state index contributed by atoms with van der Waals surface area (Å²) in [4.78, 5) is -0.0816. The fourth-order valence-corrected chi connectivity index (χ4v) is 7.30. The molecule has 1 unspecified atom stereocenters. The fraction of sp³-hybridized carbons (Fsp3) is 0.684. The van der Waals surface area contributed by atoms with Crippen LogP contribution in [0, 0.1) is 0 Å². The van der Waals surface area contributed by atoms with E-state index in [9.17, 15) is 13.5 Å². The number of sulfonamides is 1. The van der Waals surface area contributed by atoms with Gasteiger partial charge < -0.3 is 5.11 Å². The van der Waals surface area contributed by atoms with E-state index < -0.39 is 15.7 Å². The normalized spacial score (nSPS) is 26.1. The van der Waals surface area contributed by atoms with Crippen molar-refractivity contribution in [3.8, 4) is 0 Å². The summed E-state index contributed by atoms with van der Waals surface area (Å²) in [6, 6.07) is 4.72. The summed E-state index contributed by atoms with van der Waals surface area (Å²) >= 11 is 7.90. The maximum atomic E-state index is 12.8. The molecular formula is C19H29ClN3O3S2+. The molecule has 0 aromatic heterocycles. The van der Waals surface area contributed by atoms with Crippen molar-refractivity contribution in [2.75, 3.05) is 24.7 Å². The van der Waals surface area contributed by atoms with Crippen molar-refractivity contribution in [2.24, 2.45) is 9.63 Å². The fourth-order valence-electron chi connectivity index (χ4n) is 4.21. The van der Waals surface area contributed by atoms with Crippen LogP contribution in [0.3, 0.4) is 0 Å². The zero-order chi connectivity index (χ0) is 20.4. The Kier molecular flexibility index (Phi) is 6.76. The van der Waals surface area contributed by atoms with Gasteiger partial charge in [0, 0.05) is 5.56 Å². The number of quaternary nitrogens is 1. The first-order valence-electron chi connectivity index (χ1n) is 9.91. The Morgan fingerprint density at radius 1 is 1.25 bits per heavy atom.